The number of aliphatic imine (C=N–C) groups is 1. The average Bonchev–Trinajstić information content (AvgIpc) is 2.50. The predicted octanol–water partition coefficient (Wildman–Crippen LogP) is 0.723. The zero-order chi connectivity index (χ0) is 16.5. The third-order valence-electron chi connectivity index (χ3n) is 3.08. The van der Waals surface area contributed by atoms with Crippen molar-refractivity contribution in [3.05, 3.63) is 35.4 Å². The standard InChI is InChI=1S/C15H23N5O2.HI/c1-3-10(2)20-15(17)19-8-11-4-6-12(7-5-11)14(22)18-9-13(16)21;/h4-7,10H,3,8-9H2,1-2H3,(H2,16,21)(H,18,22)(H3,17,19,20);1H. The molecule has 0 aliphatic rings. The Hall–Kier alpha value is -1.84. The summed E-state index contributed by atoms with van der Waals surface area (Å²) in [4.78, 5) is 26.6. The molecule has 0 aliphatic heterocycles. The van der Waals surface area contributed by atoms with Gasteiger partial charge in [0.25, 0.3) is 5.91 Å². The van der Waals surface area contributed by atoms with Crippen molar-refractivity contribution in [3.8, 4) is 0 Å². The monoisotopic (exact) mass is 433 g/mol. The second-order valence-electron chi connectivity index (χ2n) is 5.00. The van der Waals surface area contributed by atoms with Crippen LogP contribution in [0.5, 0.6) is 0 Å². The summed E-state index contributed by atoms with van der Waals surface area (Å²) in [5, 5.41) is 5.50. The van der Waals surface area contributed by atoms with Crippen molar-refractivity contribution in [2.24, 2.45) is 16.5 Å². The molecule has 0 heterocycles. The van der Waals surface area contributed by atoms with Gasteiger partial charge in [0, 0.05) is 11.6 Å². The predicted molar refractivity (Wildman–Crippen MR) is 102 cm³/mol. The van der Waals surface area contributed by atoms with Crippen molar-refractivity contribution >= 4 is 41.8 Å². The Labute approximate surface area is 153 Å². The lowest BCUT2D eigenvalue weighted by molar-refractivity contribution is -0.117. The van der Waals surface area contributed by atoms with Gasteiger partial charge >= 0.3 is 0 Å². The van der Waals surface area contributed by atoms with Gasteiger partial charge in [0.2, 0.25) is 5.91 Å². The second-order valence-corrected chi connectivity index (χ2v) is 5.00. The molecule has 0 spiro atoms. The zero-order valence-electron chi connectivity index (χ0n) is 13.3. The van der Waals surface area contributed by atoms with E-state index in [9.17, 15) is 9.59 Å². The minimum Gasteiger partial charge on any atom is -0.370 e. The van der Waals surface area contributed by atoms with Crippen LogP contribution in [-0.4, -0.2) is 30.4 Å². The van der Waals surface area contributed by atoms with E-state index in [1.807, 2.05) is 6.92 Å². The summed E-state index contributed by atoms with van der Waals surface area (Å²) in [6.45, 7) is 4.34. The summed E-state index contributed by atoms with van der Waals surface area (Å²) in [6, 6.07) is 7.19. The third kappa shape index (κ3) is 8.38. The van der Waals surface area contributed by atoms with Gasteiger partial charge in [-0.1, -0.05) is 19.1 Å². The molecule has 0 bridgehead atoms. The quantitative estimate of drug-likeness (QED) is 0.288. The van der Waals surface area contributed by atoms with Crippen molar-refractivity contribution in [1.29, 1.82) is 0 Å². The Morgan fingerprint density at radius 1 is 1.22 bits per heavy atom. The summed E-state index contributed by atoms with van der Waals surface area (Å²) < 4.78 is 0. The topological polar surface area (TPSA) is 123 Å². The molecule has 0 fully saturated rings. The number of carbonyl (C=O) groups excluding carboxylic acids is 2. The Morgan fingerprint density at radius 2 is 1.83 bits per heavy atom. The number of amides is 2. The van der Waals surface area contributed by atoms with Crippen molar-refractivity contribution in [2.45, 2.75) is 32.9 Å². The first-order valence-corrected chi connectivity index (χ1v) is 7.14. The lowest BCUT2D eigenvalue weighted by atomic mass is 10.1. The van der Waals surface area contributed by atoms with Gasteiger partial charge in [0.1, 0.15) is 0 Å². The zero-order valence-corrected chi connectivity index (χ0v) is 15.7. The average molecular weight is 433 g/mol. The molecular weight excluding hydrogens is 409 g/mol. The smallest absolute Gasteiger partial charge is 0.251 e. The lowest BCUT2D eigenvalue weighted by Gasteiger charge is -2.11. The molecule has 0 saturated carbocycles. The minimum absolute atomic E-state index is 0. The second kappa shape index (κ2) is 10.8. The largest absolute Gasteiger partial charge is 0.370 e. The highest BCUT2D eigenvalue weighted by molar-refractivity contribution is 14.0. The van der Waals surface area contributed by atoms with Gasteiger partial charge < -0.3 is 22.1 Å². The van der Waals surface area contributed by atoms with E-state index in [-0.39, 0.29) is 42.5 Å². The maximum absolute atomic E-state index is 11.7. The molecule has 0 aromatic heterocycles. The number of nitrogens with one attached hydrogen (secondary N) is 2. The Kier molecular flexibility index (Phi) is 9.95. The number of hydrogen-bond acceptors (Lipinski definition) is 3. The van der Waals surface area contributed by atoms with Crippen molar-refractivity contribution < 1.29 is 9.59 Å². The van der Waals surface area contributed by atoms with E-state index in [0.29, 0.717) is 18.1 Å². The summed E-state index contributed by atoms with van der Waals surface area (Å²) >= 11 is 0. The normalized spacial score (nSPS) is 12.0. The van der Waals surface area contributed by atoms with E-state index in [2.05, 4.69) is 22.5 Å². The Bertz CT molecular complexity index is 545. The van der Waals surface area contributed by atoms with E-state index in [1.165, 1.54) is 0 Å². The molecule has 7 nitrogen and oxygen atoms in total. The van der Waals surface area contributed by atoms with Crippen LogP contribution >= 0.6 is 24.0 Å². The molecule has 6 N–H and O–H groups in total. The van der Waals surface area contributed by atoms with Gasteiger partial charge in [0.05, 0.1) is 13.1 Å². The number of nitrogens with zero attached hydrogens (tertiary/aromatic N) is 1. The van der Waals surface area contributed by atoms with E-state index in [1.54, 1.807) is 24.3 Å². The Balaban J connectivity index is 0.00000484. The van der Waals surface area contributed by atoms with E-state index < -0.39 is 5.91 Å². The van der Waals surface area contributed by atoms with Crippen LogP contribution in [0.15, 0.2) is 29.3 Å². The van der Waals surface area contributed by atoms with Gasteiger partial charge in [-0.2, -0.15) is 0 Å². The van der Waals surface area contributed by atoms with Crippen LogP contribution in [0, 0.1) is 0 Å². The highest BCUT2D eigenvalue weighted by atomic mass is 127. The Morgan fingerprint density at radius 3 is 2.35 bits per heavy atom. The maximum atomic E-state index is 11.7. The fourth-order valence-electron chi connectivity index (χ4n) is 1.61. The molecule has 128 valence electrons. The molecule has 0 saturated heterocycles. The lowest BCUT2D eigenvalue weighted by Crippen LogP contribution is -2.38. The molecule has 0 radical (unpaired) electrons. The summed E-state index contributed by atoms with van der Waals surface area (Å²) in [5.41, 5.74) is 12.1. The first-order valence-electron chi connectivity index (χ1n) is 7.14. The van der Waals surface area contributed by atoms with Crippen molar-refractivity contribution in [2.75, 3.05) is 6.54 Å². The van der Waals surface area contributed by atoms with Gasteiger partial charge in [0.15, 0.2) is 5.96 Å². The molecule has 1 rings (SSSR count). The van der Waals surface area contributed by atoms with Crippen LogP contribution in [0.2, 0.25) is 0 Å². The van der Waals surface area contributed by atoms with Gasteiger partial charge in [-0.05, 0) is 31.0 Å². The molecular formula is C15H24IN5O2. The number of hydrogen-bond donors (Lipinski definition) is 4. The molecule has 1 unspecified atom stereocenters. The summed E-state index contributed by atoms with van der Waals surface area (Å²) in [7, 11) is 0. The molecule has 2 amide bonds. The van der Waals surface area contributed by atoms with Crippen molar-refractivity contribution in [1.82, 2.24) is 10.6 Å². The molecule has 1 aromatic carbocycles. The number of benzene rings is 1. The fraction of sp³-hybridized carbons (Fsp3) is 0.400. The van der Waals surface area contributed by atoms with Crippen LogP contribution in [-0.2, 0) is 11.3 Å². The number of guanidine groups is 1. The molecule has 8 heteroatoms. The van der Waals surface area contributed by atoms with Crippen LogP contribution < -0.4 is 22.1 Å². The number of halogens is 1. The maximum Gasteiger partial charge on any atom is 0.251 e. The number of primary amides is 1. The molecule has 23 heavy (non-hydrogen) atoms. The van der Waals surface area contributed by atoms with Crippen LogP contribution in [0.4, 0.5) is 0 Å². The first-order chi connectivity index (χ1) is 10.4. The highest BCUT2D eigenvalue weighted by Crippen LogP contribution is 2.05. The van der Waals surface area contributed by atoms with Crippen LogP contribution in [0.3, 0.4) is 0 Å². The molecule has 1 atom stereocenters. The van der Waals surface area contributed by atoms with E-state index in [4.69, 9.17) is 11.5 Å². The summed E-state index contributed by atoms with van der Waals surface area (Å²) in [5.74, 6) is -0.520. The summed E-state index contributed by atoms with van der Waals surface area (Å²) in [6.07, 6.45) is 0.964. The highest BCUT2D eigenvalue weighted by Gasteiger charge is 2.06. The van der Waals surface area contributed by atoms with Gasteiger partial charge in [-0.15, -0.1) is 24.0 Å². The molecule has 1 aromatic rings. The van der Waals surface area contributed by atoms with E-state index in [0.717, 1.165) is 12.0 Å². The third-order valence-corrected chi connectivity index (χ3v) is 3.08. The number of rotatable bonds is 7. The first kappa shape index (κ1) is 21.2. The number of nitrogens with two attached hydrogens (primary N) is 2. The van der Waals surface area contributed by atoms with Gasteiger partial charge in [-0.3, -0.25) is 9.59 Å². The van der Waals surface area contributed by atoms with Gasteiger partial charge in [-0.25, -0.2) is 4.99 Å². The molecule has 0 aliphatic carbocycles. The van der Waals surface area contributed by atoms with Crippen LogP contribution in [0.1, 0.15) is 36.2 Å². The minimum atomic E-state index is -0.580. The number of carbonyl (C=O) groups is 2. The van der Waals surface area contributed by atoms with Crippen LogP contribution in [0.25, 0.3) is 0 Å². The fourth-order valence-corrected chi connectivity index (χ4v) is 1.61. The van der Waals surface area contributed by atoms with E-state index >= 15 is 0 Å². The SMILES string of the molecule is CCC(C)NC(N)=NCc1ccc(C(=O)NCC(N)=O)cc1.I. The van der Waals surface area contributed by atoms with Crippen molar-refractivity contribution in [3.63, 3.8) is 0 Å².